The Bertz CT molecular complexity index is 1270. The Morgan fingerprint density at radius 2 is 1.28 bits per heavy atom. The summed E-state index contributed by atoms with van der Waals surface area (Å²) >= 11 is 0. The van der Waals surface area contributed by atoms with Crippen LogP contribution in [0.1, 0.15) is 51.9 Å². The highest BCUT2D eigenvalue weighted by Gasteiger charge is 2.65. The third-order valence-corrected chi connectivity index (χ3v) is 11.0. The zero-order chi connectivity index (χ0) is 30.2. The van der Waals surface area contributed by atoms with Crippen LogP contribution in [0.25, 0.3) is 0 Å². The van der Waals surface area contributed by atoms with Crippen molar-refractivity contribution in [2.45, 2.75) is 76.3 Å². The molecule has 7 rings (SSSR count). The van der Waals surface area contributed by atoms with Crippen molar-refractivity contribution in [3.05, 3.63) is 12.2 Å². The van der Waals surface area contributed by atoms with Crippen molar-refractivity contribution in [2.24, 2.45) is 53.3 Å². The van der Waals surface area contributed by atoms with Crippen molar-refractivity contribution in [1.29, 1.82) is 0 Å². The first-order valence-corrected chi connectivity index (χ1v) is 15.4. The molecule has 0 N–H and O–H groups in total. The van der Waals surface area contributed by atoms with Crippen molar-refractivity contribution < 1.29 is 57.2 Å². The summed E-state index contributed by atoms with van der Waals surface area (Å²) in [5, 5.41) is 0. The Morgan fingerprint density at radius 3 is 1.86 bits per heavy atom. The number of esters is 6. The molecule has 2 aliphatic heterocycles. The number of carbonyl (C=O) groups excluding carboxylic acids is 6. The Morgan fingerprint density at radius 1 is 0.721 bits per heavy atom. The molecule has 2 heterocycles. The fraction of sp³-hybridized carbons (Fsp3) is 0.742. The average molecular weight is 601 g/mol. The third kappa shape index (κ3) is 4.71. The van der Waals surface area contributed by atoms with Crippen molar-refractivity contribution >= 4 is 35.8 Å². The van der Waals surface area contributed by atoms with Crippen LogP contribution in [0, 0.1) is 53.3 Å². The van der Waals surface area contributed by atoms with Crippen LogP contribution in [0.2, 0.25) is 0 Å². The van der Waals surface area contributed by atoms with E-state index in [9.17, 15) is 28.8 Å². The summed E-state index contributed by atoms with van der Waals surface area (Å²) in [4.78, 5) is 76.2. The van der Waals surface area contributed by atoms with E-state index in [1.807, 2.05) is 0 Å². The van der Waals surface area contributed by atoms with Crippen LogP contribution in [-0.4, -0.2) is 73.4 Å². The van der Waals surface area contributed by atoms with E-state index < -0.39 is 66.0 Å². The molecule has 43 heavy (non-hydrogen) atoms. The van der Waals surface area contributed by atoms with Gasteiger partial charge in [0.05, 0.1) is 29.6 Å². The van der Waals surface area contributed by atoms with Crippen LogP contribution < -0.4 is 0 Å². The molecule has 0 amide bonds. The van der Waals surface area contributed by atoms with Crippen LogP contribution in [0.4, 0.5) is 0 Å². The smallest absolute Gasteiger partial charge is 0.333 e. The molecule has 0 aromatic rings. The Hall–Kier alpha value is -3.44. The predicted octanol–water partition coefficient (Wildman–Crippen LogP) is 1.67. The molecule has 13 unspecified atom stereocenters. The number of fused-ring (bicyclic) bond motifs is 2. The topological polar surface area (TPSA) is 158 Å². The van der Waals surface area contributed by atoms with Gasteiger partial charge in [0.15, 0.2) is 0 Å². The molecule has 7 fully saturated rings. The standard InChI is InChI=1S/C31H36O12/c1-12(2)26(32)38-5-6-39-28(34)16-4-3-13(27(33)40-22-14-8-17-20(10-14)30(36)42-24(17)22)7-19(16)29(35)41-23-15-9-18-21(11-15)31(37)43-25(18)23/h13-25H,1,3-11H2,2H3. The van der Waals surface area contributed by atoms with Gasteiger partial charge in [-0.05, 0) is 51.9 Å². The first kappa shape index (κ1) is 28.3. The lowest BCUT2D eigenvalue weighted by Gasteiger charge is -2.35. The summed E-state index contributed by atoms with van der Waals surface area (Å²) in [6.45, 7) is 4.65. The minimum Gasteiger partial charge on any atom is -0.462 e. The summed E-state index contributed by atoms with van der Waals surface area (Å²) in [6.07, 6.45) is 1.38. The molecule has 232 valence electrons. The lowest BCUT2D eigenvalue weighted by molar-refractivity contribution is -0.178. The minimum atomic E-state index is -0.975. The maximum atomic E-state index is 13.7. The molecule has 4 bridgehead atoms. The molecule has 0 radical (unpaired) electrons. The van der Waals surface area contributed by atoms with Crippen molar-refractivity contribution in [1.82, 2.24) is 0 Å². The predicted molar refractivity (Wildman–Crippen MR) is 140 cm³/mol. The summed E-state index contributed by atoms with van der Waals surface area (Å²) in [7, 11) is 0. The monoisotopic (exact) mass is 600 g/mol. The van der Waals surface area contributed by atoms with Crippen molar-refractivity contribution in [2.75, 3.05) is 13.2 Å². The van der Waals surface area contributed by atoms with E-state index in [1.54, 1.807) is 0 Å². The van der Waals surface area contributed by atoms with Gasteiger partial charge in [-0.2, -0.15) is 0 Å². The SMILES string of the molecule is C=C(C)C(=O)OCCOC(=O)C1CCC(C(=O)OC2C3CC4C(=O)OC2C4C3)CC1C(=O)OC1C2CC3C(=O)OC1C3C2. The molecule has 12 heteroatoms. The summed E-state index contributed by atoms with van der Waals surface area (Å²) in [6, 6.07) is 0. The molecular weight excluding hydrogens is 564 g/mol. The van der Waals surface area contributed by atoms with Crippen LogP contribution in [-0.2, 0) is 57.2 Å². The lowest BCUT2D eigenvalue weighted by atomic mass is 9.73. The summed E-state index contributed by atoms with van der Waals surface area (Å²) in [5.74, 6) is -5.32. The molecule has 5 saturated carbocycles. The van der Waals surface area contributed by atoms with Gasteiger partial charge < -0.3 is 28.4 Å². The van der Waals surface area contributed by atoms with Crippen molar-refractivity contribution in [3.8, 4) is 0 Å². The van der Waals surface area contributed by atoms with Gasteiger partial charge in [-0.1, -0.05) is 6.58 Å². The Labute approximate surface area is 248 Å². The molecule has 7 aliphatic rings. The highest BCUT2D eigenvalue weighted by atomic mass is 16.6. The van der Waals surface area contributed by atoms with Crippen LogP contribution in [0.3, 0.4) is 0 Å². The number of ether oxygens (including phenoxy) is 6. The first-order chi connectivity index (χ1) is 20.6. The first-order valence-electron chi connectivity index (χ1n) is 15.4. The van der Waals surface area contributed by atoms with Gasteiger partial charge in [-0.3, -0.25) is 24.0 Å². The van der Waals surface area contributed by atoms with Crippen LogP contribution >= 0.6 is 0 Å². The number of hydrogen-bond donors (Lipinski definition) is 0. The Kier molecular flexibility index (Phi) is 7.00. The fourth-order valence-corrected chi connectivity index (χ4v) is 9.02. The van der Waals surface area contributed by atoms with Gasteiger partial charge in [-0.25, -0.2) is 4.79 Å². The molecule has 0 aromatic heterocycles. The molecule has 5 aliphatic carbocycles. The molecule has 0 spiro atoms. The molecule has 0 aromatic carbocycles. The minimum absolute atomic E-state index is 0.0175. The molecule has 13 atom stereocenters. The summed E-state index contributed by atoms with van der Waals surface area (Å²) < 4.78 is 33.3. The zero-order valence-corrected chi connectivity index (χ0v) is 24.0. The van der Waals surface area contributed by atoms with Crippen LogP contribution in [0.15, 0.2) is 12.2 Å². The largest absolute Gasteiger partial charge is 0.462 e. The molecule has 12 nitrogen and oxygen atoms in total. The second kappa shape index (κ2) is 10.6. The quantitative estimate of drug-likeness (QED) is 0.163. The number of rotatable bonds is 9. The van der Waals surface area contributed by atoms with Crippen LogP contribution in [0.5, 0.6) is 0 Å². The Balaban J connectivity index is 1.01. The van der Waals surface area contributed by atoms with Gasteiger partial charge in [0.1, 0.15) is 37.6 Å². The van der Waals surface area contributed by atoms with E-state index in [-0.39, 0.29) is 79.1 Å². The van der Waals surface area contributed by atoms with E-state index in [0.717, 1.165) is 12.8 Å². The molecular formula is C31H36O12. The van der Waals surface area contributed by atoms with E-state index >= 15 is 0 Å². The van der Waals surface area contributed by atoms with E-state index in [2.05, 4.69) is 6.58 Å². The fourth-order valence-electron chi connectivity index (χ4n) is 9.02. The van der Waals surface area contributed by atoms with Gasteiger partial charge >= 0.3 is 35.8 Å². The highest BCUT2D eigenvalue weighted by molar-refractivity contribution is 5.87. The maximum absolute atomic E-state index is 13.7. The number of hydrogen-bond acceptors (Lipinski definition) is 12. The highest BCUT2D eigenvalue weighted by Crippen LogP contribution is 2.57. The lowest BCUT2D eigenvalue weighted by Crippen LogP contribution is -2.44. The van der Waals surface area contributed by atoms with E-state index in [0.29, 0.717) is 19.3 Å². The van der Waals surface area contributed by atoms with Gasteiger partial charge in [0, 0.05) is 29.2 Å². The normalized spacial score (nSPS) is 42.8. The van der Waals surface area contributed by atoms with E-state index in [4.69, 9.17) is 28.4 Å². The molecule has 2 saturated heterocycles. The zero-order valence-electron chi connectivity index (χ0n) is 24.0. The second-order valence-electron chi connectivity index (χ2n) is 13.4. The van der Waals surface area contributed by atoms with Gasteiger partial charge in [0.2, 0.25) is 0 Å². The average Bonchev–Trinajstić information content (AvgIpc) is 3.80. The van der Waals surface area contributed by atoms with E-state index in [1.165, 1.54) is 6.92 Å². The van der Waals surface area contributed by atoms with Crippen molar-refractivity contribution in [3.63, 3.8) is 0 Å². The maximum Gasteiger partial charge on any atom is 0.333 e. The second-order valence-corrected chi connectivity index (χ2v) is 13.4. The van der Waals surface area contributed by atoms with Gasteiger partial charge in [-0.15, -0.1) is 0 Å². The third-order valence-electron chi connectivity index (χ3n) is 11.0. The summed E-state index contributed by atoms with van der Waals surface area (Å²) in [5.41, 5.74) is 0.218. The van der Waals surface area contributed by atoms with Gasteiger partial charge in [0.25, 0.3) is 0 Å². The number of carbonyl (C=O) groups is 6.